The lowest BCUT2D eigenvalue weighted by Crippen LogP contribution is -2.38. The Morgan fingerprint density at radius 3 is 2.76 bits per heavy atom. The molecule has 21 heavy (non-hydrogen) atoms. The molecule has 2 N–H and O–H groups in total. The van der Waals surface area contributed by atoms with Crippen molar-refractivity contribution in [1.29, 1.82) is 0 Å². The Morgan fingerprint density at radius 2 is 2.10 bits per heavy atom. The van der Waals surface area contributed by atoms with Crippen LogP contribution in [0, 0.1) is 0 Å². The van der Waals surface area contributed by atoms with Gasteiger partial charge in [-0.15, -0.1) is 0 Å². The van der Waals surface area contributed by atoms with Gasteiger partial charge in [0.25, 0.3) is 0 Å². The van der Waals surface area contributed by atoms with Crippen molar-refractivity contribution in [3.63, 3.8) is 0 Å². The highest BCUT2D eigenvalue weighted by Gasteiger charge is 2.11. The van der Waals surface area contributed by atoms with E-state index in [2.05, 4.69) is 15.6 Å². The molecule has 0 saturated heterocycles. The molecule has 7 heteroatoms. The lowest BCUT2D eigenvalue weighted by molar-refractivity contribution is 0.250. The van der Waals surface area contributed by atoms with E-state index in [4.69, 9.17) is 0 Å². The van der Waals surface area contributed by atoms with Gasteiger partial charge in [0.2, 0.25) is 0 Å². The quantitative estimate of drug-likeness (QED) is 0.889. The fraction of sp³-hybridized carbons (Fsp3) is 0.286. The number of thiazole rings is 1. The smallest absolute Gasteiger partial charge is 0.320 e. The largest absolute Gasteiger partial charge is 0.334 e. The molecule has 1 aromatic heterocycles. The Bertz CT molecular complexity index is 628. The third kappa shape index (κ3) is 4.95. The standard InChI is InChI=1S/C14H17N3O2S2/c1-10(9-21(2)19)16-14(18)17-12-8-15-13(20-12)11-6-4-3-5-7-11/h3-8,10H,9H2,1-2H3,(H2,16,17,18)/t10-,21+/m1/s1. The van der Waals surface area contributed by atoms with Gasteiger partial charge in [-0.25, -0.2) is 9.78 Å². The Hall–Kier alpha value is -1.73. The minimum atomic E-state index is -0.932. The molecule has 2 rings (SSSR count). The van der Waals surface area contributed by atoms with Crippen molar-refractivity contribution in [3.8, 4) is 10.6 Å². The summed E-state index contributed by atoms with van der Waals surface area (Å²) >= 11 is 1.41. The zero-order valence-electron chi connectivity index (χ0n) is 11.8. The maximum atomic E-state index is 11.8. The highest BCUT2D eigenvalue weighted by Crippen LogP contribution is 2.27. The van der Waals surface area contributed by atoms with Gasteiger partial charge < -0.3 is 5.32 Å². The zero-order chi connectivity index (χ0) is 15.2. The van der Waals surface area contributed by atoms with Crippen LogP contribution in [-0.4, -0.2) is 33.3 Å². The summed E-state index contributed by atoms with van der Waals surface area (Å²) in [7, 11) is -0.932. The number of urea groups is 1. The molecule has 1 heterocycles. The number of benzene rings is 1. The molecule has 0 aliphatic carbocycles. The van der Waals surface area contributed by atoms with Crippen LogP contribution in [0.2, 0.25) is 0 Å². The van der Waals surface area contributed by atoms with Crippen LogP contribution in [0.4, 0.5) is 9.80 Å². The van der Waals surface area contributed by atoms with Gasteiger partial charge in [0.05, 0.1) is 6.20 Å². The lowest BCUT2D eigenvalue weighted by Gasteiger charge is -2.12. The van der Waals surface area contributed by atoms with E-state index in [0.29, 0.717) is 10.8 Å². The van der Waals surface area contributed by atoms with E-state index in [9.17, 15) is 9.00 Å². The molecule has 2 atom stereocenters. The number of carbonyl (C=O) groups excluding carboxylic acids is 1. The summed E-state index contributed by atoms with van der Waals surface area (Å²) in [6, 6.07) is 9.34. The number of nitrogens with zero attached hydrogens (tertiary/aromatic N) is 1. The van der Waals surface area contributed by atoms with Gasteiger partial charge in [-0.2, -0.15) is 0 Å². The van der Waals surface area contributed by atoms with E-state index in [0.717, 1.165) is 10.6 Å². The Kier molecular flexibility index (Phi) is 5.46. The second kappa shape index (κ2) is 7.33. The van der Waals surface area contributed by atoms with Crippen LogP contribution in [0.25, 0.3) is 10.6 Å². The van der Waals surface area contributed by atoms with Gasteiger partial charge in [-0.1, -0.05) is 41.7 Å². The predicted octanol–water partition coefficient (Wildman–Crippen LogP) is 2.70. The molecule has 0 spiro atoms. The van der Waals surface area contributed by atoms with Gasteiger partial charge in [0, 0.05) is 34.4 Å². The molecule has 5 nitrogen and oxygen atoms in total. The summed E-state index contributed by atoms with van der Waals surface area (Å²) in [4.78, 5) is 16.1. The van der Waals surface area contributed by atoms with Gasteiger partial charge in [0.15, 0.2) is 0 Å². The van der Waals surface area contributed by atoms with E-state index in [1.54, 1.807) is 12.5 Å². The molecule has 0 aliphatic rings. The first-order valence-corrected chi connectivity index (χ1v) is 8.98. The number of hydrogen-bond donors (Lipinski definition) is 2. The SMILES string of the molecule is C[C@H](C[S@](C)=O)NC(=O)Nc1cnc(-c2ccccc2)s1. The second-order valence-electron chi connectivity index (χ2n) is 4.64. The van der Waals surface area contributed by atoms with Crippen molar-refractivity contribution in [2.24, 2.45) is 0 Å². The normalized spacial score (nSPS) is 13.4. The van der Waals surface area contributed by atoms with E-state index < -0.39 is 10.8 Å². The highest BCUT2D eigenvalue weighted by atomic mass is 32.2. The maximum absolute atomic E-state index is 11.8. The van der Waals surface area contributed by atoms with Crippen LogP contribution in [0.15, 0.2) is 36.5 Å². The topological polar surface area (TPSA) is 71.1 Å². The number of anilines is 1. The first-order chi connectivity index (χ1) is 10.0. The third-order valence-electron chi connectivity index (χ3n) is 2.63. The Balaban J connectivity index is 1.93. The molecule has 0 bridgehead atoms. The predicted molar refractivity (Wildman–Crippen MR) is 88.1 cm³/mol. The molecule has 0 unspecified atom stereocenters. The molecule has 1 aromatic carbocycles. The van der Waals surface area contributed by atoms with Crippen LogP contribution in [0.1, 0.15) is 6.92 Å². The third-order valence-corrected chi connectivity index (χ3v) is 4.56. The van der Waals surface area contributed by atoms with Crippen LogP contribution in [0.3, 0.4) is 0 Å². The molecule has 2 amide bonds. The number of nitrogens with one attached hydrogen (secondary N) is 2. The molecule has 112 valence electrons. The number of aromatic nitrogens is 1. The summed E-state index contributed by atoms with van der Waals surface area (Å²) in [5.41, 5.74) is 1.02. The highest BCUT2D eigenvalue weighted by molar-refractivity contribution is 7.84. The van der Waals surface area contributed by atoms with Crippen LogP contribution >= 0.6 is 11.3 Å². The van der Waals surface area contributed by atoms with E-state index in [-0.39, 0.29) is 12.1 Å². The van der Waals surface area contributed by atoms with Crippen molar-refractivity contribution in [1.82, 2.24) is 10.3 Å². The van der Waals surface area contributed by atoms with E-state index >= 15 is 0 Å². The monoisotopic (exact) mass is 323 g/mol. The minimum Gasteiger partial charge on any atom is -0.334 e. The molecular weight excluding hydrogens is 306 g/mol. The minimum absolute atomic E-state index is 0.141. The molecule has 0 aliphatic heterocycles. The van der Waals surface area contributed by atoms with E-state index in [1.165, 1.54) is 11.3 Å². The summed E-state index contributed by atoms with van der Waals surface area (Å²) in [5.74, 6) is 0.436. The summed E-state index contributed by atoms with van der Waals surface area (Å²) in [6.07, 6.45) is 3.25. The first-order valence-electron chi connectivity index (χ1n) is 6.43. The van der Waals surface area contributed by atoms with Crippen LogP contribution < -0.4 is 10.6 Å². The molecule has 0 radical (unpaired) electrons. The molecule has 0 fully saturated rings. The average Bonchev–Trinajstić information content (AvgIpc) is 2.86. The first kappa shape index (κ1) is 15.7. The van der Waals surface area contributed by atoms with Gasteiger partial charge in [-0.05, 0) is 6.92 Å². The van der Waals surface area contributed by atoms with Crippen molar-refractivity contribution in [2.45, 2.75) is 13.0 Å². The van der Waals surface area contributed by atoms with Crippen molar-refractivity contribution in [3.05, 3.63) is 36.5 Å². The zero-order valence-corrected chi connectivity index (χ0v) is 13.5. The number of hydrogen-bond acceptors (Lipinski definition) is 4. The fourth-order valence-electron chi connectivity index (χ4n) is 1.81. The van der Waals surface area contributed by atoms with Crippen molar-refractivity contribution in [2.75, 3.05) is 17.3 Å². The number of carbonyl (C=O) groups is 1. The van der Waals surface area contributed by atoms with Crippen molar-refractivity contribution >= 4 is 33.2 Å². The van der Waals surface area contributed by atoms with Gasteiger partial charge in [-0.3, -0.25) is 9.53 Å². The summed E-state index contributed by atoms with van der Waals surface area (Å²) in [5, 5.41) is 7.02. The Labute approximate surface area is 130 Å². The van der Waals surface area contributed by atoms with Crippen LogP contribution in [-0.2, 0) is 10.8 Å². The van der Waals surface area contributed by atoms with Crippen LogP contribution in [0.5, 0.6) is 0 Å². The fourth-order valence-corrected chi connectivity index (χ4v) is 3.42. The maximum Gasteiger partial charge on any atom is 0.320 e. The summed E-state index contributed by atoms with van der Waals surface area (Å²) in [6.45, 7) is 1.82. The van der Waals surface area contributed by atoms with Gasteiger partial charge >= 0.3 is 6.03 Å². The molecule has 0 saturated carbocycles. The second-order valence-corrected chi connectivity index (χ2v) is 7.15. The van der Waals surface area contributed by atoms with Gasteiger partial charge in [0.1, 0.15) is 10.0 Å². The Morgan fingerprint density at radius 1 is 1.38 bits per heavy atom. The number of rotatable bonds is 5. The summed E-state index contributed by atoms with van der Waals surface area (Å²) < 4.78 is 11.1. The average molecular weight is 323 g/mol. The van der Waals surface area contributed by atoms with E-state index in [1.807, 2.05) is 37.3 Å². The number of amides is 2. The van der Waals surface area contributed by atoms with Crippen molar-refractivity contribution < 1.29 is 9.00 Å². The molecular formula is C14H17N3O2S2. The molecule has 2 aromatic rings. The lowest BCUT2D eigenvalue weighted by atomic mass is 10.2.